The fraction of sp³-hybridized carbons (Fsp3) is 0.500. The van der Waals surface area contributed by atoms with Gasteiger partial charge in [-0.2, -0.15) is 5.10 Å². The van der Waals surface area contributed by atoms with E-state index in [9.17, 15) is 0 Å². The third-order valence-electron chi connectivity index (χ3n) is 3.74. The van der Waals surface area contributed by atoms with Crippen molar-refractivity contribution < 1.29 is 0 Å². The first-order valence-corrected chi connectivity index (χ1v) is 7.68. The number of aryl methyl sites for hydroxylation is 3. The largest absolute Gasteiger partial charge is 0.271 e. The van der Waals surface area contributed by atoms with Crippen molar-refractivity contribution in [2.45, 2.75) is 52.1 Å². The fourth-order valence-corrected chi connectivity index (χ4v) is 2.49. The summed E-state index contributed by atoms with van der Waals surface area (Å²) in [5, 5.41) is 4.59. The Morgan fingerprint density at radius 3 is 2.76 bits per heavy atom. The Labute approximate surface area is 126 Å². The second-order valence-corrected chi connectivity index (χ2v) is 5.22. The Balaban J connectivity index is 1.97. The lowest BCUT2D eigenvalue weighted by atomic mass is 10.0. The molecule has 0 spiro atoms. The number of pyridine rings is 1. The SMILES string of the molecule is CCc1cc(CC(CCc2ccccn2)NN)n(CC)n1. The van der Waals surface area contributed by atoms with E-state index in [1.165, 1.54) is 5.69 Å². The maximum atomic E-state index is 5.72. The molecule has 0 aliphatic heterocycles. The summed E-state index contributed by atoms with van der Waals surface area (Å²) in [5.41, 5.74) is 6.43. The van der Waals surface area contributed by atoms with E-state index < -0.39 is 0 Å². The first-order valence-electron chi connectivity index (χ1n) is 7.68. The first-order chi connectivity index (χ1) is 10.3. The average molecular weight is 287 g/mol. The van der Waals surface area contributed by atoms with E-state index in [0.29, 0.717) is 0 Å². The van der Waals surface area contributed by atoms with Crippen LogP contribution in [0.15, 0.2) is 30.5 Å². The lowest BCUT2D eigenvalue weighted by Crippen LogP contribution is -2.37. The molecule has 2 aromatic heterocycles. The molecule has 5 heteroatoms. The predicted molar refractivity (Wildman–Crippen MR) is 84.7 cm³/mol. The molecule has 0 saturated carbocycles. The number of nitrogens with two attached hydrogens (primary N) is 1. The Bertz CT molecular complexity index is 535. The van der Waals surface area contributed by atoms with Crippen LogP contribution in [0.1, 0.15) is 37.4 Å². The van der Waals surface area contributed by atoms with Crippen LogP contribution in [0.5, 0.6) is 0 Å². The average Bonchev–Trinajstić information content (AvgIpc) is 2.94. The summed E-state index contributed by atoms with van der Waals surface area (Å²) in [7, 11) is 0. The Kier molecular flexibility index (Phi) is 5.90. The van der Waals surface area contributed by atoms with Crippen molar-refractivity contribution in [3.05, 3.63) is 47.5 Å². The third kappa shape index (κ3) is 4.37. The second-order valence-electron chi connectivity index (χ2n) is 5.22. The van der Waals surface area contributed by atoms with E-state index in [-0.39, 0.29) is 6.04 Å². The zero-order valence-corrected chi connectivity index (χ0v) is 12.9. The second kappa shape index (κ2) is 7.90. The van der Waals surface area contributed by atoms with Gasteiger partial charge in [-0.05, 0) is 44.4 Å². The highest BCUT2D eigenvalue weighted by atomic mass is 15.3. The third-order valence-corrected chi connectivity index (χ3v) is 3.74. The molecule has 0 bridgehead atoms. The molecule has 0 fully saturated rings. The molecule has 3 N–H and O–H groups in total. The number of rotatable bonds is 8. The molecule has 0 aliphatic carbocycles. The first kappa shape index (κ1) is 15.7. The van der Waals surface area contributed by atoms with Gasteiger partial charge in [-0.15, -0.1) is 0 Å². The lowest BCUT2D eigenvalue weighted by molar-refractivity contribution is 0.469. The standard InChI is InChI=1S/C16H25N5/c1-3-13-11-16(21(4-2)20-13)12-15(19-17)9-8-14-7-5-6-10-18-14/h5-7,10-11,15,19H,3-4,8-9,12,17H2,1-2H3. The van der Waals surface area contributed by atoms with Crippen LogP contribution in [0.4, 0.5) is 0 Å². The molecule has 5 nitrogen and oxygen atoms in total. The van der Waals surface area contributed by atoms with Crippen molar-refractivity contribution in [1.82, 2.24) is 20.2 Å². The lowest BCUT2D eigenvalue weighted by Gasteiger charge is -2.16. The highest BCUT2D eigenvalue weighted by Crippen LogP contribution is 2.11. The van der Waals surface area contributed by atoms with Gasteiger partial charge < -0.3 is 0 Å². The van der Waals surface area contributed by atoms with Gasteiger partial charge in [0, 0.05) is 36.6 Å². The van der Waals surface area contributed by atoms with Crippen LogP contribution in [0.2, 0.25) is 0 Å². The van der Waals surface area contributed by atoms with Crippen molar-refractivity contribution >= 4 is 0 Å². The smallest absolute Gasteiger partial charge is 0.0624 e. The summed E-state index contributed by atoms with van der Waals surface area (Å²) < 4.78 is 2.07. The van der Waals surface area contributed by atoms with Crippen molar-refractivity contribution in [3.63, 3.8) is 0 Å². The Morgan fingerprint density at radius 1 is 1.29 bits per heavy atom. The quantitative estimate of drug-likeness (QED) is 0.574. The minimum atomic E-state index is 0.235. The summed E-state index contributed by atoms with van der Waals surface area (Å²) >= 11 is 0. The minimum Gasteiger partial charge on any atom is -0.271 e. The van der Waals surface area contributed by atoms with Crippen LogP contribution in [0, 0.1) is 0 Å². The van der Waals surface area contributed by atoms with Gasteiger partial charge in [0.05, 0.1) is 5.69 Å². The van der Waals surface area contributed by atoms with E-state index in [1.807, 2.05) is 18.3 Å². The molecule has 1 atom stereocenters. The highest BCUT2D eigenvalue weighted by molar-refractivity contribution is 5.12. The monoisotopic (exact) mass is 287 g/mol. The predicted octanol–water partition coefficient (Wildman–Crippen LogP) is 1.87. The summed E-state index contributed by atoms with van der Waals surface area (Å²) in [4.78, 5) is 4.36. The maximum Gasteiger partial charge on any atom is 0.0624 e. The molecule has 2 rings (SSSR count). The topological polar surface area (TPSA) is 68.8 Å². The number of hydrogen-bond donors (Lipinski definition) is 2. The zero-order valence-electron chi connectivity index (χ0n) is 12.9. The molecule has 2 aromatic rings. The maximum absolute atomic E-state index is 5.72. The number of hydrogen-bond acceptors (Lipinski definition) is 4. The molecule has 0 amide bonds. The highest BCUT2D eigenvalue weighted by Gasteiger charge is 2.13. The minimum absolute atomic E-state index is 0.235. The van der Waals surface area contributed by atoms with Gasteiger partial charge in [0.1, 0.15) is 0 Å². The van der Waals surface area contributed by atoms with Crippen LogP contribution < -0.4 is 11.3 Å². The van der Waals surface area contributed by atoms with Crippen LogP contribution >= 0.6 is 0 Å². The number of nitrogens with zero attached hydrogens (tertiary/aromatic N) is 3. The number of nitrogens with one attached hydrogen (secondary N) is 1. The molecule has 2 heterocycles. The Morgan fingerprint density at radius 2 is 2.14 bits per heavy atom. The molecular formula is C16H25N5. The van der Waals surface area contributed by atoms with Gasteiger partial charge in [0.2, 0.25) is 0 Å². The molecule has 0 radical (unpaired) electrons. The summed E-state index contributed by atoms with van der Waals surface area (Å²) in [6, 6.07) is 8.44. The molecule has 21 heavy (non-hydrogen) atoms. The van der Waals surface area contributed by atoms with E-state index >= 15 is 0 Å². The van der Waals surface area contributed by atoms with Crippen molar-refractivity contribution in [2.24, 2.45) is 5.84 Å². The van der Waals surface area contributed by atoms with E-state index in [2.05, 4.69) is 46.2 Å². The van der Waals surface area contributed by atoms with Crippen LogP contribution in [-0.2, 0) is 25.8 Å². The molecule has 0 aliphatic rings. The van der Waals surface area contributed by atoms with Crippen molar-refractivity contribution in [1.29, 1.82) is 0 Å². The normalized spacial score (nSPS) is 12.5. The summed E-state index contributed by atoms with van der Waals surface area (Å²) in [6.45, 7) is 5.15. The molecule has 114 valence electrons. The van der Waals surface area contributed by atoms with E-state index in [1.54, 1.807) is 0 Å². The van der Waals surface area contributed by atoms with Gasteiger partial charge in [-0.25, -0.2) is 0 Å². The number of aromatic nitrogens is 3. The molecule has 1 unspecified atom stereocenters. The van der Waals surface area contributed by atoms with Gasteiger partial charge in [0.25, 0.3) is 0 Å². The van der Waals surface area contributed by atoms with Gasteiger partial charge in [-0.3, -0.25) is 20.9 Å². The number of hydrazine groups is 1. The molecule has 0 saturated heterocycles. The Hall–Kier alpha value is -1.72. The summed E-state index contributed by atoms with van der Waals surface area (Å²) in [6.07, 6.45) is 5.58. The van der Waals surface area contributed by atoms with Gasteiger partial charge in [0.15, 0.2) is 0 Å². The van der Waals surface area contributed by atoms with Gasteiger partial charge >= 0.3 is 0 Å². The molecule has 0 aromatic carbocycles. The van der Waals surface area contributed by atoms with Crippen molar-refractivity contribution in [3.8, 4) is 0 Å². The molecular weight excluding hydrogens is 262 g/mol. The fourth-order valence-electron chi connectivity index (χ4n) is 2.49. The van der Waals surface area contributed by atoms with Crippen molar-refractivity contribution in [2.75, 3.05) is 0 Å². The summed E-state index contributed by atoms with van der Waals surface area (Å²) in [5.74, 6) is 5.72. The zero-order chi connectivity index (χ0) is 15.1. The van der Waals surface area contributed by atoms with E-state index in [4.69, 9.17) is 5.84 Å². The van der Waals surface area contributed by atoms with Crippen LogP contribution in [-0.4, -0.2) is 20.8 Å². The van der Waals surface area contributed by atoms with E-state index in [0.717, 1.165) is 43.6 Å². The van der Waals surface area contributed by atoms with Gasteiger partial charge in [-0.1, -0.05) is 13.0 Å². The van der Waals surface area contributed by atoms with Crippen LogP contribution in [0.25, 0.3) is 0 Å². The van der Waals surface area contributed by atoms with Crippen LogP contribution in [0.3, 0.4) is 0 Å².